The number of benzene rings is 2. The van der Waals surface area contributed by atoms with Crippen LogP contribution in [0.4, 0.5) is 10.1 Å². The third-order valence-corrected chi connectivity index (χ3v) is 3.46. The van der Waals surface area contributed by atoms with Gasteiger partial charge in [-0.15, -0.1) is 0 Å². The van der Waals surface area contributed by atoms with Crippen molar-refractivity contribution in [2.75, 3.05) is 18.0 Å². The highest BCUT2D eigenvalue weighted by atomic mass is 19.1. The molecule has 1 atom stereocenters. The Bertz CT molecular complexity index is 556. The van der Waals surface area contributed by atoms with E-state index in [0.29, 0.717) is 12.1 Å². The van der Waals surface area contributed by atoms with Crippen LogP contribution in [0.15, 0.2) is 48.5 Å². The van der Waals surface area contributed by atoms with E-state index in [0.717, 1.165) is 17.8 Å². The average Bonchev–Trinajstić information content (AvgIpc) is 2.48. The Morgan fingerprint density at radius 2 is 1.85 bits per heavy atom. The molecule has 2 nitrogen and oxygen atoms in total. The number of aliphatic hydroxyl groups is 1. The lowest BCUT2D eigenvalue weighted by atomic mass is 10.1. The molecule has 2 aromatic carbocycles. The highest BCUT2D eigenvalue weighted by Gasteiger charge is 2.14. The fraction of sp³-hybridized carbons (Fsp3) is 0.294. The zero-order chi connectivity index (χ0) is 14.5. The normalized spacial score (nSPS) is 12.2. The second-order valence-corrected chi connectivity index (χ2v) is 4.90. The van der Waals surface area contributed by atoms with Crippen LogP contribution in [0.3, 0.4) is 0 Å². The number of aliphatic hydroxyl groups excluding tert-OH is 1. The fourth-order valence-electron chi connectivity index (χ4n) is 2.25. The van der Waals surface area contributed by atoms with Gasteiger partial charge in [-0.1, -0.05) is 30.3 Å². The zero-order valence-electron chi connectivity index (χ0n) is 11.9. The van der Waals surface area contributed by atoms with Gasteiger partial charge < -0.3 is 10.0 Å². The summed E-state index contributed by atoms with van der Waals surface area (Å²) in [7, 11) is 0. The summed E-state index contributed by atoms with van der Waals surface area (Å²) in [5.41, 5.74) is 2.38. The molecule has 0 aliphatic carbocycles. The minimum absolute atomic E-state index is 0.239. The molecule has 0 aliphatic heterocycles. The molecule has 106 valence electrons. The van der Waals surface area contributed by atoms with Crippen molar-refractivity contribution in [3.63, 3.8) is 0 Å². The third kappa shape index (κ3) is 3.36. The second-order valence-electron chi connectivity index (χ2n) is 4.90. The average molecular weight is 273 g/mol. The van der Waals surface area contributed by atoms with Crippen molar-refractivity contribution < 1.29 is 9.50 Å². The van der Waals surface area contributed by atoms with Crippen LogP contribution in [0.25, 0.3) is 0 Å². The number of aryl methyl sites for hydroxylation is 1. The summed E-state index contributed by atoms with van der Waals surface area (Å²) in [4.78, 5) is 2.10. The van der Waals surface area contributed by atoms with E-state index in [2.05, 4.69) is 11.8 Å². The van der Waals surface area contributed by atoms with E-state index in [4.69, 9.17) is 0 Å². The lowest BCUT2D eigenvalue weighted by Gasteiger charge is -2.26. The second kappa shape index (κ2) is 6.53. The van der Waals surface area contributed by atoms with E-state index in [9.17, 15) is 9.50 Å². The zero-order valence-corrected chi connectivity index (χ0v) is 11.9. The maximum Gasteiger partial charge on any atom is 0.126 e. The van der Waals surface area contributed by atoms with E-state index in [1.54, 1.807) is 19.1 Å². The molecule has 3 heteroatoms. The van der Waals surface area contributed by atoms with Crippen molar-refractivity contribution >= 4 is 5.69 Å². The monoisotopic (exact) mass is 273 g/mol. The summed E-state index contributed by atoms with van der Waals surface area (Å²) in [6.45, 7) is 5.06. The molecule has 0 fully saturated rings. The molecule has 0 aliphatic rings. The number of hydrogen-bond acceptors (Lipinski definition) is 2. The molecular formula is C17H20FNO. The SMILES string of the molecule is CCN(CC(O)c1ccc(F)c(C)c1)c1ccccc1. The summed E-state index contributed by atoms with van der Waals surface area (Å²) < 4.78 is 13.3. The van der Waals surface area contributed by atoms with E-state index >= 15 is 0 Å². The van der Waals surface area contributed by atoms with Crippen molar-refractivity contribution in [3.8, 4) is 0 Å². The molecule has 0 amide bonds. The number of likely N-dealkylation sites (N-methyl/N-ethyl adjacent to an activating group) is 1. The quantitative estimate of drug-likeness (QED) is 0.898. The number of hydrogen-bond donors (Lipinski definition) is 1. The lowest BCUT2D eigenvalue weighted by Crippen LogP contribution is -2.28. The van der Waals surface area contributed by atoms with Gasteiger partial charge >= 0.3 is 0 Å². The molecule has 2 rings (SSSR count). The molecule has 20 heavy (non-hydrogen) atoms. The van der Waals surface area contributed by atoms with Crippen LogP contribution in [0.2, 0.25) is 0 Å². The number of rotatable bonds is 5. The molecule has 1 N–H and O–H groups in total. The van der Waals surface area contributed by atoms with Crippen molar-refractivity contribution in [2.24, 2.45) is 0 Å². The van der Waals surface area contributed by atoms with Gasteiger partial charge in [-0.2, -0.15) is 0 Å². The van der Waals surface area contributed by atoms with Crippen molar-refractivity contribution in [1.82, 2.24) is 0 Å². The van der Waals surface area contributed by atoms with Gasteiger partial charge in [0.2, 0.25) is 0 Å². The topological polar surface area (TPSA) is 23.5 Å². The Kier molecular flexibility index (Phi) is 4.74. The molecule has 0 saturated carbocycles. The van der Waals surface area contributed by atoms with Crippen LogP contribution in [-0.2, 0) is 0 Å². The van der Waals surface area contributed by atoms with E-state index < -0.39 is 6.10 Å². The first-order valence-corrected chi connectivity index (χ1v) is 6.86. The Morgan fingerprint density at radius 1 is 1.15 bits per heavy atom. The van der Waals surface area contributed by atoms with Crippen LogP contribution in [0, 0.1) is 12.7 Å². The predicted octanol–water partition coefficient (Wildman–Crippen LogP) is 3.69. The molecule has 0 heterocycles. The summed E-state index contributed by atoms with van der Waals surface area (Å²) in [5, 5.41) is 10.3. The minimum atomic E-state index is -0.630. The van der Waals surface area contributed by atoms with Gasteiger partial charge in [0.05, 0.1) is 6.10 Å². The lowest BCUT2D eigenvalue weighted by molar-refractivity contribution is 0.183. The summed E-state index contributed by atoms with van der Waals surface area (Å²) in [6, 6.07) is 14.7. The Morgan fingerprint density at radius 3 is 2.45 bits per heavy atom. The van der Waals surface area contributed by atoms with Gasteiger partial charge in [0.15, 0.2) is 0 Å². The first-order chi connectivity index (χ1) is 9.61. The van der Waals surface area contributed by atoms with Crippen molar-refractivity contribution in [1.29, 1.82) is 0 Å². The van der Waals surface area contributed by atoms with Gasteiger partial charge in [0.1, 0.15) is 5.82 Å². The number of halogens is 1. The predicted molar refractivity (Wildman–Crippen MR) is 80.4 cm³/mol. The maximum absolute atomic E-state index is 13.3. The van der Waals surface area contributed by atoms with Crippen molar-refractivity contribution in [2.45, 2.75) is 20.0 Å². The molecule has 0 spiro atoms. The Hall–Kier alpha value is -1.87. The van der Waals surface area contributed by atoms with Crippen LogP contribution in [-0.4, -0.2) is 18.2 Å². The molecular weight excluding hydrogens is 253 g/mol. The standard InChI is InChI=1S/C17H20FNO/c1-3-19(15-7-5-4-6-8-15)12-17(20)14-9-10-16(18)13(2)11-14/h4-11,17,20H,3,12H2,1-2H3. The highest BCUT2D eigenvalue weighted by Crippen LogP contribution is 2.21. The van der Waals surface area contributed by atoms with E-state index in [-0.39, 0.29) is 5.82 Å². The van der Waals surface area contributed by atoms with Gasteiger partial charge in [-0.3, -0.25) is 0 Å². The molecule has 0 saturated heterocycles. The molecule has 0 aromatic heterocycles. The van der Waals surface area contributed by atoms with Crippen molar-refractivity contribution in [3.05, 3.63) is 65.5 Å². The Balaban J connectivity index is 2.13. The van der Waals surface area contributed by atoms with Gasteiger partial charge in [0, 0.05) is 18.8 Å². The smallest absolute Gasteiger partial charge is 0.126 e. The summed E-state index contributed by atoms with van der Waals surface area (Å²) in [6.07, 6.45) is -0.630. The molecule has 0 radical (unpaired) electrons. The van der Waals surface area contributed by atoms with Crippen LogP contribution >= 0.6 is 0 Å². The minimum Gasteiger partial charge on any atom is -0.387 e. The first kappa shape index (κ1) is 14.5. The number of anilines is 1. The molecule has 0 bridgehead atoms. The van der Waals surface area contributed by atoms with Gasteiger partial charge in [-0.25, -0.2) is 4.39 Å². The van der Waals surface area contributed by atoms with E-state index in [1.165, 1.54) is 6.07 Å². The largest absolute Gasteiger partial charge is 0.387 e. The highest BCUT2D eigenvalue weighted by molar-refractivity contribution is 5.46. The van der Waals surface area contributed by atoms with Crippen LogP contribution in [0.1, 0.15) is 24.2 Å². The Labute approximate surface area is 119 Å². The maximum atomic E-state index is 13.3. The van der Waals surface area contributed by atoms with Gasteiger partial charge in [-0.05, 0) is 43.2 Å². The number of nitrogens with zero attached hydrogens (tertiary/aromatic N) is 1. The van der Waals surface area contributed by atoms with Gasteiger partial charge in [0.25, 0.3) is 0 Å². The third-order valence-electron chi connectivity index (χ3n) is 3.46. The first-order valence-electron chi connectivity index (χ1n) is 6.86. The molecule has 1 unspecified atom stereocenters. The summed E-state index contributed by atoms with van der Waals surface area (Å²) >= 11 is 0. The summed E-state index contributed by atoms with van der Waals surface area (Å²) in [5.74, 6) is -0.239. The van der Waals surface area contributed by atoms with Crippen LogP contribution < -0.4 is 4.90 Å². The van der Waals surface area contributed by atoms with E-state index in [1.807, 2.05) is 30.3 Å². The number of para-hydroxylation sites is 1. The fourth-order valence-corrected chi connectivity index (χ4v) is 2.25. The molecule has 2 aromatic rings. The van der Waals surface area contributed by atoms with Crippen LogP contribution in [0.5, 0.6) is 0 Å².